The first-order valence-electron chi connectivity index (χ1n) is 4.82. The Morgan fingerprint density at radius 3 is 3.08 bits per heavy atom. The Kier molecular flexibility index (Phi) is 2.36. The van der Waals surface area contributed by atoms with Gasteiger partial charge >= 0.3 is 5.97 Å². The van der Waals surface area contributed by atoms with Crippen LogP contribution in [0.1, 0.15) is 26.2 Å². The average molecular weight is 182 g/mol. The molecule has 2 rings (SSSR count). The van der Waals surface area contributed by atoms with Crippen molar-refractivity contribution in [1.29, 1.82) is 0 Å². The van der Waals surface area contributed by atoms with E-state index in [2.05, 4.69) is 0 Å². The lowest BCUT2D eigenvalue weighted by atomic mass is 9.95. The van der Waals surface area contributed by atoms with E-state index in [0.29, 0.717) is 12.7 Å². The molecule has 0 saturated carbocycles. The summed E-state index contributed by atoms with van der Waals surface area (Å²) in [5, 5.41) is 0. The summed E-state index contributed by atoms with van der Waals surface area (Å²) in [5.74, 6) is -0.228. The zero-order valence-electron chi connectivity index (χ0n) is 7.79. The molecule has 0 aromatic rings. The Morgan fingerprint density at radius 2 is 2.54 bits per heavy atom. The highest BCUT2D eigenvalue weighted by Gasteiger charge is 2.36. The number of esters is 1. The summed E-state index contributed by atoms with van der Waals surface area (Å²) in [4.78, 5) is 11.1. The third-order valence-electron chi connectivity index (χ3n) is 2.57. The second-order valence-electron chi connectivity index (χ2n) is 3.50. The summed E-state index contributed by atoms with van der Waals surface area (Å²) in [5.41, 5.74) is 1.12. The molecule has 2 aliphatic rings. The molecule has 0 radical (unpaired) electrons. The van der Waals surface area contributed by atoms with Crippen LogP contribution < -0.4 is 0 Å². The van der Waals surface area contributed by atoms with Crippen LogP contribution in [0.25, 0.3) is 0 Å². The molecule has 0 aromatic heterocycles. The number of carbonyl (C=O) groups is 1. The van der Waals surface area contributed by atoms with Gasteiger partial charge in [0.2, 0.25) is 0 Å². The number of fused-ring (bicyclic) bond motifs is 2. The fraction of sp³-hybridized carbons (Fsp3) is 0.700. The van der Waals surface area contributed by atoms with Gasteiger partial charge in [0.1, 0.15) is 0 Å². The van der Waals surface area contributed by atoms with Crippen molar-refractivity contribution >= 4 is 5.97 Å². The zero-order chi connectivity index (χ0) is 9.26. The van der Waals surface area contributed by atoms with Gasteiger partial charge in [-0.15, -0.1) is 0 Å². The predicted octanol–water partition coefficient (Wildman–Crippen LogP) is 1.43. The minimum atomic E-state index is -0.228. The van der Waals surface area contributed by atoms with Crippen molar-refractivity contribution in [3.63, 3.8) is 0 Å². The van der Waals surface area contributed by atoms with Crippen LogP contribution in [0, 0.1) is 0 Å². The largest absolute Gasteiger partial charge is 0.463 e. The first kappa shape index (κ1) is 8.75. The van der Waals surface area contributed by atoms with Crippen molar-refractivity contribution in [3.8, 4) is 0 Å². The lowest BCUT2D eigenvalue weighted by Gasteiger charge is -2.08. The Bertz CT molecular complexity index is 245. The van der Waals surface area contributed by atoms with Crippen LogP contribution in [0.2, 0.25) is 0 Å². The van der Waals surface area contributed by atoms with Crippen LogP contribution in [-0.4, -0.2) is 24.8 Å². The molecule has 0 amide bonds. The molecule has 0 aliphatic carbocycles. The van der Waals surface area contributed by atoms with Crippen molar-refractivity contribution < 1.29 is 14.3 Å². The summed E-state index contributed by atoms with van der Waals surface area (Å²) in [6, 6.07) is 0. The maximum atomic E-state index is 11.1. The molecular formula is C10H14O3. The molecule has 2 fully saturated rings. The Hall–Kier alpha value is -0.830. The van der Waals surface area contributed by atoms with Gasteiger partial charge < -0.3 is 9.47 Å². The monoisotopic (exact) mass is 182 g/mol. The van der Waals surface area contributed by atoms with E-state index < -0.39 is 0 Å². The van der Waals surface area contributed by atoms with Gasteiger partial charge in [-0.1, -0.05) is 0 Å². The van der Waals surface area contributed by atoms with E-state index in [1.807, 2.05) is 6.92 Å². The molecule has 0 spiro atoms. The topological polar surface area (TPSA) is 35.5 Å². The standard InChI is InChI=1S/C10H14O3/c1-2-12-10(11)6-7-5-8-3-4-9(7)13-8/h6,8-9H,2-5H2,1H3/b7-6+/t8-,9+/m0/s1. The highest BCUT2D eigenvalue weighted by Crippen LogP contribution is 2.38. The minimum Gasteiger partial charge on any atom is -0.463 e. The van der Waals surface area contributed by atoms with Gasteiger partial charge in [-0.25, -0.2) is 4.79 Å². The second kappa shape index (κ2) is 3.50. The Labute approximate surface area is 77.7 Å². The van der Waals surface area contributed by atoms with Gasteiger partial charge in [-0.2, -0.15) is 0 Å². The van der Waals surface area contributed by atoms with Crippen molar-refractivity contribution in [2.45, 2.75) is 38.4 Å². The quantitative estimate of drug-likeness (QED) is 0.478. The number of carbonyl (C=O) groups excluding carboxylic acids is 1. The van der Waals surface area contributed by atoms with Crippen LogP contribution in [0.4, 0.5) is 0 Å². The van der Waals surface area contributed by atoms with Crippen LogP contribution >= 0.6 is 0 Å². The lowest BCUT2D eigenvalue weighted by Crippen LogP contribution is -2.09. The van der Waals surface area contributed by atoms with Crippen molar-refractivity contribution in [2.75, 3.05) is 6.61 Å². The maximum absolute atomic E-state index is 11.1. The highest BCUT2D eigenvalue weighted by molar-refractivity contribution is 5.83. The lowest BCUT2D eigenvalue weighted by molar-refractivity contribution is -0.137. The Balaban J connectivity index is 1.97. The molecule has 3 heteroatoms. The third-order valence-corrected chi connectivity index (χ3v) is 2.57. The van der Waals surface area contributed by atoms with E-state index in [1.54, 1.807) is 6.08 Å². The molecular weight excluding hydrogens is 168 g/mol. The normalized spacial score (nSPS) is 34.1. The summed E-state index contributed by atoms with van der Waals surface area (Å²) in [6.07, 6.45) is 5.30. The molecule has 0 N–H and O–H groups in total. The van der Waals surface area contributed by atoms with Crippen molar-refractivity contribution in [3.05, 3.63) is 11.6 Å². The van der Waals surface area contributed by atoms with Gasteiger partial charge in [-0.05, 0) is 31.8 Å². The summed E-state index contributed by atoms with van der Waals surface area (Å²) in [7, 11) is 0. The predicted molar refractivity (Wildman–Crippen MR) is 47.2 cm³/mol. The fourth-order valence-corrected chi connectivity index (χ4v) is 2.01. The molecule has 13 heavy (non-hydrogen) atoms. The molecule has 0 unspecified atom stereocenters. The number of hydrogen-bond acceptors (Lipinski definition) is 3. The fourth-order valence-electron chi connectivity index (χ4n) is 2.01. The average Bonchev–Trinajstić information content (AvgIpc) is 2.65. The minimum absolute atomic E-state index is 0.203. The van der Waals surface area contributed by atoms with Gasteiger partial charge in [0.25, 0.3) is 0 Å². The molecule has 0 aromatic carbocycles. The molecule has 2 atom stereocenters. The molecule has 72 valence electrons. The SMILES string of the molecule is CCOC(=O)/C=C1\C[C@@H]2CC[C@H]1O2. The number of rotatable bonds is 2. The van der Waals surface area contributed by atoms with E-state index in [0.717, 1.165) is 24.8 Å². The van der Waals surface area contributed by atoms with E-state index in [4.69, 9.17) is 9.47 Å². The van der Waals surface area contributed by atoms with Gasteiger partial charge in [0, 0.05) is 6.08 Å². The number of hydrogen-bond donors (Lipinski definition) is 0. The van der Waals surface area contributed by atoms with E-state index in [-0.39, 0.29) is 12.1 Å². The third kappa shape index (κ3) is 1.75. The first-order chi connectivity index (χ1) is 6.29. The number of ether oxygens (including phenoxy) is 2. The van der Waals surface area contributed by atoms with Gasteiger partial charge in [0.05, 0.1) is 18.8 Å². The van der Waals surface area contributed by atoms with E-state index >= 15 is 0 Å². The van der Waals surface area contributed by atoms with Crippen molar-refractivity contribution in [1.82, 2.24) is 0 Å². The second-order valence-corrected chi connectivity index (χ2v) is 3.50. The Morgan fingerprint density at radius 1 is 1.69 bits per heavy atom. The smallest absolute Gasteiger partial charge is 0.330 e. The molecule has 2 saturated heterocycles. The summed E-state index contributed by atoms with van der Waals surface area (Å²) >= 11 is 0. The summed E-state index contributed by atoms with van der Waals surface area (Å²) < 4.78 is 10.4. The first-order valence-corrected chi connectivity index (χ1v) is 4.82. The van der Waals surface area contributed by atoms with Crippen LogP contribution in [-0.2, 0) is 14.3 Å². The summed E-state index contributed by atoms with van der Waals surface area (Å²) in [6.45, 7) is 2.26. The van der Waals surface area contributed by atoms with Crippen LogP contribution in [0.3, 0.4) is 0 Å². The van der Waals surface area contributed by atoms with E-state index in [9.17, 15) is 4.79 Å². The van der Waals surface area contributed by atoms with Crippen molar-refractivity contribution in [2.24, 2.45) is 0 Å². The van der Waals surface area contributed by atoms with Gasteiger partial charge in [-0.3, -0.25) is 0 Å². The molecule has 2 heterocycles. The molecule has 2 bridgehead atoms. The molecule has 3 nitrogen and oxygen atoms in total. The maximum Gasteiger partial charge on any atom is 0.330 e. The van der Waals surface area contributed by atoms with Crippen LogP contribution in [0.15, 0.2) is 11.6 Å². The zero-order valence-corrected chi connectivity index (χ0v) is 7.79. The van der Waals surface area contributed by atoms with Crippen LogP contribution in [0.5, 0.6) is 0 Å². The van der Waals surface area contributed by atoms with Gasteiger partial charge in [0.15, 0.2) is 0 Å². The molecule has 2 aliphatic heterocycles. The highest BCUT2D eigenvalue weighted by atomic mass is 16.5. The van der Waals surface area contributed by atoms with E-state index in [1.165, 1.54) is 0 Å².